The van der Waals surface area contributed by atoms with E-state index in [9.17, 15) is 13.2 Å². The maximum Gasteiger partial charge on any atom is 0.245 e. The third-order valence-corrected chi connectivity index (χ3v) is 10.5. The van der Waals surface area contributed by atoms with Crippen LogP contribution >= 0.6 is 11.6 Å². The molecule has 208 valence electrons. The lowest BCUT2D eigenvalue weighted by Gasteiger charge is -2.44. The summed E-state index contributed by atoms with van der Waals surface area (Å²) in [6.07, 6.45) is 4.55. The number of fused-ring (bicyclic) bond motifs is 1. The third-order valence-electron chi connectivity index (χ3n) is 8.39. The molecule has 5 rings (SSSR count). The predicted molar refractivity (Wildman–Crippen MR) is 155 cm³/mol. The first-order valence-electron chi connectivity index (χ1n) is 13.6. The number of hydrogen-bond donors (Lipinski definition) is 1. The normalized spacial score (nSPS) is 24.2. The number of nitrogens with zero attached hydrogens (tertiary/aromatic N) is 4. The van der Waals surface area contributed by atoms with Crippen LogP contribution in [0.25, 0.3) is 10.9 Å². The minimum absolute atomic E-state index is 0.00139. The summed E-state index contributed by atoms with van der Waals surface area (Å²) in [5.74, 6) is 0.476. The van der Waals surface area contributed by atoms with Gasteiger partial charge < -0.3 is 15.1 Å². The molecular formula is C29H36ClN5O3S. The molecule has 1 aliphatic heterocycles. The summed E-state index contributed by atoms with van der Waals surface area (Å²) < 4.78 is 26.9. The second-order valence-corrected chi connectivity index (χ2v) is 13.5. The van der Waals surface area contributed by atoms with Gasteiger partial charge in [-0.15, -0.1) is 0 Å². The quantitative estimate of drug-likeness (QED) is 0.422. The minimum Gasteiger partial charge on any atom is -0.358 e. The van der Waals surface area contributed by atoms with Gasteiger partial charge in [0.15, 0.2) is 9.84 Å². The van der Waals surface area contributed by atoms with Crippen LogP contribution in [-0.2, 0) is 14.6 Å². The molecule has 2 aromatic carbocycles. The number of anilines is 1. The molecular weight excluding hydrogens is 534 g/mol. The molecule has 0 spiro atoms. The van der Waals surface area contributed by atoms with Crippen LogP contribution in [0.3, 0.4) is 0 Å². The van der Waals surface area contributed by atoms with Crippen molar-refractivity contribution in [1.29, 1.82) is 0 Å². The molecule has 1 saturated heterocycles. The Hall–Kier alpha value is -2.75. The molecule has 1 saturated carbocycles. The molecule has 1 aromatic heterocycles. The number of aromatic nitrogens is 2. The van der Waals surface area contributed by atoms with Crippen molar-refractivity contribution in [2.45, 2.75) is 68.6 Å². The van der Waals surface area contributed by atoms with Gasteiger partial charge in [0.25, 0.3) is 0 Å². The zero-order valence-corrected chi connectivity index (χ0v) is 24.2. The minimum atomic E-state index is -3.50. The zero-order chi connectivity index (χ0) is 27.7. The van der Waals surface area contributed by atoms with Crippen molar-refractivity contribution in [3.63, 3.8) is 0 Å². The Kier molecular flexibility index (Phi) is 8.12. The first kappa shape index (κ1) is 27.8. The maximum atomic E-state index is 13.7. The van der Waals surface area contributed by atoms with Crippen molar-refractivity contribution in [2.75, 3.05) is 24.7 Å². The van der Waals surface area contributed by atoms with Crippen LogP contribution in [0.5, 0.6) is 0 Å². The number of benzene rings is 2. The second kappa shape index (κ2) is 11.4. The molecule has 0 bridgehead atoms. The van der Waals surface area contributed by atoms with Gasteiger partial charge in [0.05, 0.1) is 16.2 Å². The number of rotatable bonds is 8. The number of likely N-dealkylation sites (tertiary alicyclic amines) is 1. The van der Waals surface area contributed by atoms with Gasteiger partial charge in [0, 0.05) is 35.1 Å². The van der Waals surface area contributed by atoms with Crippen LogP contribution < -0.4 is 5.32 Å². The highest BCUT2D eigenvalue weighted by molar-refractivity contribution is 7.91. The molecule has 2 unspecified atom stereocenters. The number of sulfone groups is 1. The van der Waals surface area contributed by atoms with E-state index in [0.717, 1.165) is 24.6 Å². The monoisotopic (exact) mass is 569 g/mol. The Labute approximate surface area is 235 Å². The van der Waals surface area contributed by atoms with Crippen molar-refractivity contribution in [3.8, 4) is 0 Å². The molecule has 0 radical (unpaired) electrons. The number of carbonyl (C=O) groups is 1. The number of nitrogens with one attached hydrogen (secondary N) is 1. The first-order valence-corrected chi connectivity index (χ1v) is 15.6. The van der Waals surface area contributed by atoms with Crippen LogP contribution in [-0.4, -0.2) is 77.6 Å². The van der Waals surface area contributed by atoms with Crippen LogP contribution in [0.4, 0.5) is 5.82 Å². The molecule has 8 nitrogen and oxygen atoms in total. The molecule has 39 heavy (non-hydrogen) atoms. The van der Waals surface area contributed by atoms with E-state index in [1.54, 1.807) is 36.4 Å². The molecule has 1 N–H and O–H groups in total. The molecule has 4 atom stereocenters. The highest BCUT2D eigenvalue weighted by Crippen LogP contribution is 2.36. The van der Waals surface area contributed by atoms with Crippen LogP contribution in [0.15, 0.2) is 59.8 Å². The van der Waals surface area contributed by atoms with E-state index in [1.165, 1.54) is 6.33 Å². The lowest BCUT2D eigenvalue weighted by Crippen LogP contribution is -2.52. The second-order valence-electron chi connectivity index (χ2n) is 11.0. The van der Waals surface area contributed by atoms with E-state index >= 15 is 0 Å². The van der Waals surface area contributed by atoms with Crippen molar-refractivity contribution in [2.24, 2.45) is 5.92 Å². The number of amides is 1. The SMILES string of the molecule is CC(C)N(C)C1CCC(N2CC[C@H](Nc3ncnc4cc(Cl)ccc34)C2=O)[C@H](CS(=O)(=O)c2ccccc2)C1. The van der Waals surface area contributed by atoms with Gasteiger partial charge in [-0.3, -0.25) is 4.79 Å². The summed E-state index contributed by atoms with van der Waals surface area (Å²) in [6, 6.07) is 14.1. The summed E-state index contributed by atoms with van der Waals surface area (Å²) in [5.41, 5.74) is 0.709. The largest absolute Gasteiger partial charge is 0.358 e. The fraction of sp³-hybridized carbons (Fsp3) is 0.483. The average molecular weight is 570 g/mol. The highest BCUT2D eigenvalue weighted by Gasteiger charge is 2.44. The van der Waals surface area contributed by atoms with E-state index in [4.69, 9.17) is 11.6 Å². The predicted octanol–water partition coefficient (Wildman–Crippen LogP) is 4.65. The molecule has 2 heterocycles. The van der Waals surface area contributed by atoms with Crippen LogP contribution in [0, 0.1) is 5.92 Å². The summed E-state index contributed by atoms with van der Waals surface area (Å²) in [5, 5.41) is 4.73. The van der Waals surface area contributed by atoms with Gasteiger partial charge in [-0.1, -0.05) is 29.8 Å². The van der Waals surface area contributed by atoms with Gasteiger partial charge in [0.2, 0.25) is 5.91 Å². The van der Waals surface area contributed by atoms with E-state index < -0.39 is 15.9 Å². The molecule has 2 fully saturated rings. The van der Waals surface area contributed by atoms with E-state index in [1.807, 2.05) is 17.0 Å². The van der Waals surface area contributed by atoms with Crippen LogP contribution in [0.1, 0.15) is 39.5 Å². The highest BCUT2D eigenvalue weighted by atomic mass is 35.5. The summed E-state index contributed by atoms with van der Waals surface area (Å²) in [6.45, 7) is 4.91. The summed E-state index contributed by atoms with van der Waals surface area (Å²) >= 11 is 6.13. The standard InChI is InChI=1S/C29H36ClN5O3S/c1-19(2)34(3)22-10-12-27(20(15-22)17-39(37,38)23-7-5-4-6-8-23)35-14-13-25(29(35)36)33-28-24-11-9-21(30)16-26(24)31-18-32-28/h4-9,11,16,18-20,22,25,27H,10,12-15,17H2,1-3H3,(H,31,32,33)/t20-,22?,25-,27?/m0/s1. The molecule has 2 aliphatic rings. The Morgan fingerprint density at radius 1 is 1.10 bits per heavy atom. The van der Waals surface area contributed by atoms with Gasteiger partial charge in [-0.05, 0) is 82.8 Å². The van der Waals surface area contributed by atoms with Gasteiger partial charge in [0.1, 0.15) is 18.2 Å². The van der Waals surface area contributed by atoms with Gasteiger partial charge >= 0.3 is 0 Å². The number of hydrogen-bond acceptors (Lipinski definition) is 7. The van der Waals surface area contributed by atoms with Gasteiger partial charge in [-0.2, -0.15) is 0 Å². The lowest BCUT2D eigenvalue weighted by atomic mass is 9.81. The fourth-order valence-corrected chi connectivity index (χ4v) is 7.94. The van der Waals surface area contributed by atoms with E-state index in [2.05, 4.69) is 41.1 Å². The molecule has 10 heteroatoms. The number of halogens is 1. The molecule has 1 amide bonds. The van der Waals surface area contributed by atoms with Crippen molar-refractivity contribution in [3.05, 3.63) is 59.9 Å². The summed E-state index contributed by atoms with van der Waals surface area (Å²) in [7, 11) is -1.39. The Morgan fingerprint density at radius 3 is 2.62 bits per heavy atom. The smallest absolute Gasteiger partial charge is 0.245 e. The average Bonchev–Trinajstić information content (AvgIpc) is 3.27. The van der Waals surface area contributed by atoms with Crippen LogP contribution in [0.2, 0.25) is 5.02 Å². The van der Waals surface area contributed by atoms with E-state index in [-0.39, 0.29) is 29.7 Å². The molecule has 1 aliphatic carbocycles. The molecule has 3 aromatic rings. The summed E-state index contributed by atoms with van der Waals surface area (Å²) in [4.78, 5) is 27.0. The first-order chi connectivity index (χ1) is 18.6. The number of carbonyl (C=O) groups excluding carboxylic acids is 1. The fourth-order valence-electron chi connectivity index (χ4n) is 6.09. The van der Waals surface area contributed by atoms with E-state index in [0.29, 0.717) is 40.3 Å². The zero-order valence-electron chi connectivity index (χ0n) is 22.6. The van der Waals surface area contributed by atoms with Crippen molar-refractivity contribution in [1.82, 2.24) is 19.8 Å². The topological polar surface area (TPSA) is 95.5 Å². The third kappa shape index (κ3) is 5.90. The lowest BCUT2D eigenvalue weighted by molar-refractivity contribution is -0.132. The van der Waals surface area contributed by atoms with Crippen molar-refractivity contribution < 1.29 is 13.2 Å². The Balaban J connectivity index is 1.37. The van der Waals surface area contributed by atoms with Gasteiger partial charge in [-0.25, -0.2) is 18.4 Å². The Morgan fingerprint density at radius 2 is 1.87 bits per heavy atom. The Bertz CT molecular complexity index is 1440. The maximum absolute atomic E-state index is 13.7. The van der Waals surface area contributed by atoms with Crippen molar-refractivity contribution >= 4 is 44.1 Å².